The third kappa shape index (κ3) is 4.77. The monoisotopic (exact) mass is 400 g/mol. The number of hydrogen-bond donors (Lipinski definition) is 2. The summed E-state index contributed by atoms with van der Waals surface area (Å²) in [6.07, 6.45) is 0.733. The lowest BCUT2D eigenvalue weighted by molar-refractivity contribution is 0.191. The van der Waals surface area contributed by atoms with Crippen molar-refractivity contribution in [2.75, 3.05) is 37.0 Å². The Labute approximate surface area is 169 Å². The maximum absolute atomic E-state index is 14.0. The largest absolute Gasteiger partial charge is 0.495 e. The van der Waals surface area contributed by atoms with Crippen molar-refractivity contribution in [1.29, 1.82) is 0 Å². The van der Waals surface area contributed by atoms with Gasteiger partial charge in [0.15, 0.2) is 0 Å². The van der Waals surface area contributed by atoms with Crippen molar-refractivity contribution < 1.29 is 18.7 Å². The number of urea groups is 2. The number of carbonyl (C=O) groups is 2. The summed E-state index contributed by atoms with van der Waals surface area (Å²) in [6.45, 7) is 3.58. The summed E-state index contributed by atoms with van der Waals surface area (Å²) in [5.74, 6) is 0.190. The third-order valence-corrected chi connectivity index (χ3v) is 4.70. The number of rotatable bonds is 6. The van der Waals surface area contributed by atoms with Crippen molar-refractivity contribution in [3.63, 3.8) is 0 Å². The molecule has 2 aromatic carbocycles. The average Bonchev–Trinajstić information content (AvgIpc) is 2.71. The van der Waals surface area contributed by atoms with E-state index in [9.17, 15) is 14.0 Å². The minimum absolute atomic E-state index is 0.196. The van der Waals surface area contributed by atoms with Gasteiger partial charge in [0, 0.05) is 30.9 Å². The summed E-state index contributed by atoms with van der Waals surface area (Å²) in [4.78, 5) is 28.2. The predicted octanol–water partition coefficient (Wildman–Crippen LogP) is 3.81. The number of methoxy groups -OCH3 is 1. The first-order valence-corrected chi connectivity index (χ1v) is 9.56. The number of carbonyl (C=O) groups excluding carboxylic acids is 2. The van der Waals surface area contributed by atoms with Crippen LogP contribution in [0.5, 0.6) is 5.75 Å². The zero-order valence-corrected chi connectivity index (χ0v) is 16.6. The molecule has 2 aromatic rings. The molecule has 7 nitrogen and oxygen atoms in total. The van der Waals surface area contributed by atoms with Crippen LogP contribution >= 0.6 is 0 Å². The molecule has 2 N–H and O–H groups in total. The lowest BCUT2D eigenvalue weighted by Crippen LogP contribution is -2.49. The molecule has 1 fully saturated rings. The minimum Gasteiger partial charge on any atom is -0.495 e. The number of nitrogens with one attached hydrogen (secondary N) is 2. The number of amides is 4. The molecule has 1 saturated heterocycles. The second kappa shape index (κ2) is 9.27. The van der Waals surface area contributed by atoms with E-state index in [-0.39, 0.29) is 24.4 Å². The van der Waals surface area contributed by atoms with Gasteiger partial charge in [-0.1, -0.05) is 18.2 Å². The number of nitrogens with zero attached hydrogens (tertiary/aromatic N) is 2. The maximum atomic E-state index is 14.0. The van der Waals surface area contributed by atoms with Gasteiger partial charge in [-0.05, 0) is 37.6 Å². The van der Waals surface area contributed by atoms with Crippen molar-refractivity contribution in [3.8, 4) is 5.75 Å². The van der Waals surface area contributed by atoms with Gasteiger partial charge in [-0.25, -0.2) is 14.0 Å². The topological polar surface area (TPSA) is 73.9 Å². The van der Waals surface area contributed by atoms with Crippen LogP contribution in [0.15, 0.2) is 42.5 Å². The normalized spacial score (nSPS) is 14.0. The molecule has 0 bridgehead atoms. The third-order valence-electron chi connectivity index (χ3n) is 4.70. The van der Waals surface area contributed by atoms with E-state index >= 15 is 0 Å². The Morgan fingerprint density at radius 2 is 2.00 bits per heavy atom. The highest BCUT2D eigenvalue weighted by Crippen LogP contribution is 2.33. The van der Waals surface area contributed by atoms with Crippen LogP contribution in [-0.4, -0.2) is 43.7 Å². The van der Waals surface area contributed by atoms with E-state index in [0.29, 0.717) is 42.3 Å². The fourth-order valence-corrected chi connectivity index (χ4v) is 3.30. The molecule has 1 heterocycles. The van der Waals surface area contributed by atoms with E-state index in [1.807, 2.05) is 6.92 Å². The van der Waals surface area contributed by atoms with Crippen LogP contribution in [-0.2, 0) is 6.54 Å². The molecule has 8 heteroatoms. The molecule has 0 saturated carbocycles. The molecule has 0 radical (unpaired) electrons. The lowest BCUT2D eigenvalue weighted by atomic mass is 10.1. The number of ether oxygens (including phenoxy) is 1. The van der Waals surface area contributed by atoms with Gasteiger partial charge in [-0.3, -0.25) is 4.90 Å². The van der Waals surface area contributed by atoms with E-state index in [0.717, 1.165) is 6.42 Å². The van der Waals surface area contributed by atoms with E-state index in [2.05, 4.69) is 10.6 Å². The van der Waals surface area contributed by atoms with Gasteiger partial charge in [-0.15, -0.1) is 0 Å². The minimum atomic E-state index is -0.330. The van der Waals surface area contributed by atoms with Crippen molar-refractivity contribution in [3.05, 3.63) is 53.8 Å². The Kier molecular flexibility index (Phi) is 6.54. The molecular formula is C21H25FN4O3. The zero-order chi connectivity index (χ0) is 20.8. The molecule has 4 amide bonds. The fourth-order valence-electron chi connectivity index (χ4n) is 3.30. The Morgan fingerprint density at radius 3 is 2.72 bits per heavy atom. The van der Waals surface area contributed by atoms with Crippen molar-refractivity contribution in [1.82, 2.24) is 10.2 Å². The smallest absolute Gasteiger partial charge is 0.324 e. The quantitative estimate of drug-likeness (QED) is 0.774. The van der Waals surface area contributed by atoms with Gasteiger partial charge in [0.2, 0.25) is 0 Å². The van der Waals surface area contributed by atoms with Crippen LogP contribution in [0.2, 0.25) is 0 Å². The predicted molar refractivity (Wildman–Crippen MR) is 110 cm³/mol. The van der Waals surface area contributed by atoms with Crippen LogP contribution in [0, 0.1) is 5.82 Å². The highest BCUT2D eigenvalue weighted by molar-refractivity contribution is 5.96. The van der Waals surface area contributed by atoms with Gasteiger partial charge in [0.05, 0.1) is 19.3 Å². The van der Waals surface area contributed by atoms with Gasteiger partial charge in [0.1, 0.15) is 11.6 Å². The van der Waals surface area contributed by atoms with Gasteiger partial charge < -0.3 is 20.3 Å². The van der Waals surface area contributed by atoms with Crippen LogP contribution in [0.3, 0.4) is 0 Å². The van der Waals surface area contributed by atoms with Crippen LogP contribution < -0.4 is 20.3 Å². The SMILES string of the molecule is CCNC(=O)Nc1ccc(OC)c(N2CCCN(Cc3ccccc3F)C2=O)c1. The number of benzene rings is 2. The highest BCUT2D eigenvalue weighted by Gasteiger charge is 2.29. The number of halogens is 1. The van der Waals surface area contributed by atoms with Crippen molar-refractivity contribution >= 4 is 23.4 Å². The zero-order valence-electron chi connectivity index (χ0n) is 16.6. The molecule has 3 rings (SSSR count). The summed E-state index contributed by atoms with van der Waals surface area (Å²) < 4.78 is 19.5. The molecule has 29 heavy (non-hydrogen) atoms. The Hall–Kier alpha value is -3.29. The fraction of sp³-hybridized carbons (Fsp3) is 0.333. The molecule has 1 aliphatic rings. The Balaban J connectivity index is 1.83. The van der Waals surface area contributed by atoms with Crippen LogP contribution in [0.25, 0.3) is 0 Å². The molecule has 0 atom stereocenters. The molecule has 1 aliphatic heterocycles. The summed E-state index contributed by atoms with van der Waals surface area (Å²) >= 11 is 0. The Morgan fingerprint density at radius 1 is 1.21 bits per heavy atom. The standard InChI is InChI=1S/C21H25FN4O3/c1-3-23-20(27)24-16-9-10-19(29-2)18(13-16)26-12-6-11-25(21(26)28)14-15-7-4-5-8-17(15)22/h4-5,7-10,13H,3,6,11-12,14H2,1-2H3,(H2,23,24,27). The molecule has 0 aromatic heterocycles. The molecular weight excluding hydrogens is 375 g/mol. The summed E-state index contributed by atoms with van der Waals surface area (Å²) in [7, 11) is 1.53. The van der Waals surface area contributed by atoms with Crippen LogP contribution in [0.1, 0.15) is 18.9 Å². The number of anilines is 2. The molecule has 0 aliphatic carbocycles. The first kappa shape index (κ1) is 20.4. The van der Waals surface area contributed by atoms with E-state index in [1.165, 1.54) is 13.2 Å². The summed E-state index contributed by atoms with van der Waals surface area (Å²) in [5.41, 5.74) is 1.58. The lowest BCUT2D eigenvalue weighted by Gasteiger charge is -2.36. The maximum Gasteiger partial charge on any atom is 0.324 e. The van der Waals surface area contributed by atoms with E-state index in [4.69, 9.17) is 4.74 Å². The van der Waals surface area contributed by atoms with Crippen molar-refractivity contribution in [2.45, 2.75) is 19.9 Å². The van der Waals surface area contributed by atoms with Crippen LogP contribution in [0.4, 0.5) is 25.4 Å². The van der Waals surface area contributed by atoms with Gasteiger partial charge >= 0.3 is 12.1 Å². The van der Waals surface area contributed by atoms with Gasteiger partial charge in [0.25, 0.3) is 0 Å². The Bertz CT molecular complexity index is 890. The first-order valence-electron chi connectivity index (χ1n) is 9.56. The second-order valence-electron chi connectivity index (χ2n) is 6.67. The molecule has 0 unspecified atom stereocenters. The molecule has 0 spiro atoms. The van der Waals surface area contributed by atoms with E-state index < -0.39 is 0 Å². The van der Waals surface area contributed by atoms with Crippen molar-refractivity contribution in [2.24, 2.45) is 0 Å². The average molecular weight is 400 g/mol. The van der Waals surface area contributed by atoms with E-state index in [1.54, 1.807) is 46.2 Å². The first-order chi connectivity index (χ1) is 14.0. The summed E-state index contributed by atoms with van der Waals surface area (Å²) in [6, 6.07) is 11.0. The molecule has 154 valence electrons. The number of hydrogen-bond acceptors (Lipinski definition) is 3. The second-order valence-corrected chi connectivity index (χ2v) is 6.67. The summed E-state index contributed by atoms with van der Waals surface area (Å²) in [5, 5.41) is 5.40. The van der Waals surface area contributed by atoms with Gasteiger partial charge in [-0.2, -0.15) is 0 Å². The highest BCUT2D eigenvalue weighted by atomic mass is 19.1.